The van der Waals surface area contributed by atoms with Crippen LogP contribution in [-0.2, 0) is 19.4 Å². The number of carbonyl (C=O) groups is 1. The fraction of sp³-hybridized carbons (Fsp3) is 0.900. The summed E-state index contributed by atoms with van der Waals surface area (Å²) in [6.45, 7) is 2.14. The van der Waals surface area contributed by atoms with Crippen molar-refractivity contribution in [2.75, 3.05) is 38.2 Å². The van der Waals surface area contributed by atoms with Crippen molar-refractivity contribution < 1.29 is 17.9 Å². The van der Waals surface area contributed by atoms with Gasteiger partial charge in [0.15, 0.2) is 9.84 Å². The third-order valence-corrected chi connectivity index (χ3v) is 5.14. The Labute approximate surface area is 101 Å². The fourth-order valence-corrected chi connectivity index (χ4v) is 4.54. The summed E-state index contributed by atoms with van der Waals surface area (Å²) in [6, 6.07) is 0.0322. The van der Waals surface area contributed by atoms with E-state index in [-0.39, 0.29) is 29.6 Å². The number of esters is 1. The lowest BCUT2D eigenvalue weighted by molar-refractivity contribution is -0.141. The van der Waals surface area contributed by atoms with Crippen molar-refractivity contribution in [1.29, 1.82) is 0 Å². The van der Waals surface area contributed by atoms with Gasteiger partial charge in [-0.2, -0.15) is 0 Å². The lowest BCUT2D eigenvalue weighted by Gasteiger charge is -2.37. The van der Waals surface area contributed by atoms with Gasteiger partial charge in [-0.3, -0.25) is 9.69 Å². The molecule has 0 spiro atoms. The molecule has 2 aliphatic rings. The SMILES string of the molecule is COC(=O)CCN1CCN[C@H]2CS(=O)(=O)C[C@H]21. The Balaban J connectivity index is 1.96. The number of hydrogen-bond donors (Lipinski definition) is 1. The Morgan fingerprint density at radius 3 is 2.94 bits per heavy atom. The molecule has 2 atom stereocenters. The number of sulfone groups is 1. The molecule has 7 heteroatoms. The van der Waals surface area contributed by atoms with Gasteiger partial charge in [0, 0.05) is 31.7 Å². The minimum atomic E-state index is -2.93. The van der Waals surface area contributed by atoms with Gasteiger partial charge >= 0.3 is 5.97 Å². The molecule has 0 radical (unpaired) electrons. The van der Waals surface area contributed by atoms with Crippen LogP contribution < -0.4 is 5.32 Å². The lowest BCUT2D eigenvalue weighted by Crippen LogP contribution is -2.57. The number of fused-ring (bicyclic) bond motifs is 1. The molecule has 0 bridgehead atoms. The summed E-state index contributed by atoms with van der Waals surface area (Å²) in [5.41, 5.74) is 0. The molecule has 17 heavy (non-hydrogen) atoms. The Morgan fingerprint density at radius 1 is 1.47 bits per heavy atom. The molecule has 98 valence electrons. The van der Waals surface area contributed by atoms with Crippen LogP contribution in [0.2, 0.25) is 0 Å². The van der Waals surface area contributed by atoms with Crippen LogP contribution in [0.1, 0.15) is 6.42 Å². The molecular weight excluding hydrogens is 244 g/mol. The summed E-state index contributed by atoms with van der Waals surface area (Å²) in [4.78, 5) is 13.2. The number of carbonyl (C=O) groups excluding carboxylic acids is 1. The Bertz CT molecular complexity index is 395. The molecule has 2 heterocycles. The summed E-state index contributed by atoms with van der Waals surface area (Å²) < 4.78 is 27.8. The highest BCUT2D eigenvalue weighted by atomic mass is 32.2. The quantitative estimate of drug-likeness (QED) is 0.632. The summed E-state index contributed by atoms with van der Waals surface area (Å²) >= 11 is 0. The molecule has 2 fully saturated rings. The number of ether oxygens (including phenoxy) is 1. The van der Waals surface area contributed by atoms with Gasteiger partial charge in [0.1, 0.15) is 0 Å². The molecule has 6 nitrogen and oxygen atoms in total. The van der Waals surface area contributed by atoms with Crippen LogP contribution in [0.15, 0.2) is 0 Å². The fourth-order valence-electron chi connectivity index (χ4n) is 2.56. The number of methoxy groups -OCH3 is 1. The average molecular weight is 262 g/mol. The van der Waals surface area contributed by atoms with Crippen LogP contribution in [-0.4, -0.2) is 69.6 Å². The minimum absolute atomic E-state index is 0.0124. The van der Waals surface area contributed by atoms with Crippen molar-refractivity contribution in [3.8, 4) is 0 Å². The zero-order valence-electron chi connectivity index (χ0n) is 9.89. The third kappa shape index (κ3) is 2.97. The molecular formula is C10H18N2O4S. The Hall–Kier alpha value is -0.660. The van der Waals surface area contributed by atoms with E-state index in [9.17, 15) is 13.2 Å². The first-order valence-electron chi connectivity index (χ1n) is 5.76. The van der Waals surface area contributed by atoms with Gasteiger partial charge < -0.3 is 10.1 Å². The van der Waals surface area contributed by atoms with E-state index in [1.807, 2.05) is 0 Å². The molecule has 0 aliphatic carbocycles. The van der Waals surface area contributed by atoms with E-state index in [1.54, 1.807) is 0 Å². The highest BCUT2D eigenvalue weighted by Gasteiger charge is 2.42. The minimum Gasteiger partial charge on any atom is -0.469 e. The highest BCUT2D eigenvalue weighted by Crippen LogP contribution is 2.21. The van der Waals surface area contributed by atoms with E-state index >= 15 is 0 Å². The predicted octanol–water partition coefficient (Wildman–Crippen LogP) is -1.38. The average Bonchev–Trinajstić information content (AvgIpc) is 2.60. The summed E-state index contributed by atoms with van der Waals surface area (Å²) in [5, 5.41) is 3.23. The monoisotopic (exact) mass is 262 g/mol. The van der Waals surface area contributed by atoms with E-state index < -0.39 is 9.84 Å². The summed E-state index contributed by atoms with van der Waals surface area (Å²) in [6.07, 6.45) is 0.319. The number of rotatable bonds is 3. The molecule has 0 saturated carbocycles. The second-order valence-electron chi connectivity index (χ2n) is 4.57. The third-order valence-electron chi connectivity index (χ3n) is 3.43. The largest absolute Gasteiger partial charge is 0.469 e. The van der Waals surface area contributed by atoms with Crippen molar-refractivity contribution in [1.82, 2.24) is 10.2 Å². The highest BCUT2D eigenvalue weighted by molar-refractivity contribution is 7.91. The van der Waals surface area contributed by atoms with Crippen LogP contribution in [0.3, 0.4) is 0 Å². The van der Waals surface area contributed by atoms with Crippen LogP contribution in [0.4, 0.5) is 0 Å². The normalized spacial score (nSPS) is 32.1. The maximum Gasteiger partial charge on any atom is 0.306 e. The van der Waals surface area contributed by atoms with Gasteiger partial charge in [-0.25, -0.2) is 8.42 Å². The molecule has 2 rings (SSSR count). The van der Waals surface area contributed by atoms with Gasteiger partial charge in [0.05, 0.1) is 25.0 Å². The Morgan fingerprint density at radius 2 is 2.24 bits per heavy atom. The number of piperazine rings is 1. The molecule has 0 aromatic rings. The second-order valence-corrected chi connectivity index (χ2v) is 6.72. The smallest absolute Gasteiger partial charge is 0.306 e. The topological polar surface area (TPSA) is 75.7 Å². The number of nitrogens with one attached hydrogen (secondary N) is 1. The van der Waals surface area contributed by atoms with E-state index in [4.69, 9.17) is 0 Å². The molecule has 0 amide bonds. The van der Waals surface area contributed by atoms with E-state index in [0.29, 0.717) is 13.0 Å². The number of hydrogen-bond acceptors (Lipinski definition) is 6. The summed E-state index contributed by atoms with van der Waals surface area (Å²) in [7, 11) is -1.56. The van der Waals surface area contributed by atoms with Gasteiger partial charge in [-0.15, -0.1) is 0 Å². The van der Waals surface area contributed by atoms with Crippen molar-refractivity contribution >= 4 is 15.8 Å². The molecule has 2 saturated heterocycles. The zero-order valence-corrected chi connectivity index (χ0v) is 10.7. The van der Waals surface area contributed by atoms with Gasteiger partial charge in [-0.1, -0.05) is 0 Å². The molecule has 0 aromatic heterocycles. The van der Waals surface area contributed by atoms with Crippen LogP contribution >= 0.6 is 0 Å². The first-order valence-corrected chi connectivity index (χ1v) is 7.58. The zero-order chi connectivity index (χ0) is 12.5. The lowest BCUT2D eigenvalue weighted by atomic mass is 10.1. The van der Waals surface area contributed by atoms with E-state index in [0.717, 1.165) is 13.1 Å². The molecule has 0 unspecified atom stereocenters. The predicted molar refractivity (Wildman–Crippen MR) is 62.4 cm³/mol. The Kier molecular flexibility index (Phi) is 3.70. The maximum absolute atomic E-state index is 11.6. The van der Waals surface area contributed by atoms with E-state index in [2.05, 4.69) is 15.0 Å². The van der Waals surface area contributed by atoms with Crippen LogP contribution in [0.25, 0.3) is 0 Å². The number of nitrogens with zero attached hydrogens (tertiary/aromatic N) is 1. The molecule has 0 aromatic carbocycles. The van der Waals surface area contributed by atoms with E-state index in [1.165, 1.54) is 7.11 Å². The standard InChI is InChI=1S/C10H18N2O4S/c1-16-10(13)2-4-12-5-3-11-8-6-17(14,15)7-9(8)12/h8-9,11H,2-7H2,1H3/t8-,9+/m0/s1. The first-order chi connectivity index (χ1) is 8.02. The second kappa shape index (κ2) is 4.91. The van der Waals surface area contributed by atoms with Gasteiger partial charge in [0.2, 0.25) is 0 Å². The van der Waals surface area contributed by atoms with Crippen molar-refractivity contribution in [3.05, 3.63) is 0 Å². The van der Waals surface area contributed by atoms with Gasteiger partial charge in [0.25, 0.3) is 0 Å². The van der Waals surface area contributed by atoms with Crippen molar-refractivity contribution in [3.63, 3.8) is 0 Å². The van der Waals surface area contributed by atoms with Crippen molar-refractivity contribution in [2.45, 2.75) is 18.5 Å². The van der Waals surface area contributed by atoms with Crippen LogP contribution in [0.5, 0.6) is 0 Å². The molecule has 1 N–H and O–H groups in total. The van der Waals surface area contributed by atoms with Crippen molar-refractivity contribution in [2.24, 2.45) is 0 Å². The first kappa shape index (κ1) is 12.8. The summed E-state index contributed by atoms with van der Waals surface area (Å²) in [5.74, 6) is 0.166. The van der Waals surface area contributed by atoms with Crippen LogP contribution in [0, 0.1) is 0 Å². The maximum atomic E-state index is 11.6. The van der Waals surface area contributed by atoms with Gasteiger partial charge in [-0.05, 0) is 0 Å². The molecule has 2 aliphatic heterocycles.